The lowest BCUT2D eigenvalue weighted by Gasteiger charge is -2.17. The lowest BCUT2D eigenvalue weighted by Crippen LogP contribution is -2.17. The Balaban J connectivity index is 2.11. The Morgan fingerprint density at radius 2 is 2.31 bits per heavy atom. The summed E-state index contributed by atoms with van der Waals surface area (Å²) in [5, 5.41) is 5.07. The lowest BCUT2D eigenvalue weighted by atomic mass is 10.4. The van der Waals surface area contributed by atoms with Gasteiger partial charge in [-0.25, -0.2) is 4.98 Å². The lowest BCUT2D eigenvalue weighted by molar-refractivity contribution is 0.904. The Morgan fingerprint density at radius 3 is 3.00 bits per heavy atom. The van der Waals surface area contributed by atoms with Crippen LogP contribution in [0.2, 0.25) is 0 Å². The van der Waals surface area contributed by atoms with Crippen molar-refractivity contribution >= 4 is 23.0 Å². The highest BCUT2D eigenvalue weighted by Gasteiger charge is 2.05. The Morgan fingerprint density at radius 1 is 1.44 bits per heavy atom. The third-order valence-electron chi connectivity index (χ3n) is 2.24. The van der Waals surface area contributed by atoms with Crippen molar-refractivity contribution in [1.82, 2.24) is 9.97 Å². The molecule has 1 N–H and O–H groups in total. The van der Waals surface area contributed by atoms with E-state index in [1.165, 1.54) is 4.88 Å². The molecular weight excluding hydrogens is 220 g/mol. The van der Waals surface area contributed by atoms with Crippen molar-refractivity contribution in [3.8, 4) is 0 Å². The average molecular weight is 234 g/mol. The minimum Gasteiger partial charge on any atom is -0.372 e. The summed E-state index contributed by atoms with van der Waals surface area (Å²) in [6.07, 6.45) is 3.48. The number of nitrogens with zero attached hydrogens (tertiary/aromatic N) is 3. The topological polar surface area (TPSA) is 41.1 Å². The predicted molar refractivity (Wildman–Crippen MR) is 68.0 cm³/mol. The number of aromatic nitrogens is 2. The minimum absolute atomic E-state index is 0.788. The quantitative estimate of drug-likeness (QED) is 0.880. The Bertz CT molecular complexity index is 441. The van der Waals surface area contributed by atoms with Gasteiger partial charge in [0.15, 0.2) is 0 Å². The van der Waals surface area contributed by atoms with Gasteiger partial charge in [0.2, 0.25) is 0 Å². The fourth-order valence-electron chi connectivity index (χ4n) is 1.38. The summed E-state index contributed by atoms with van der Waals surface area (Å²) < 4.78 is 0. The number of hydrogen-bond acceptors (Lipinski definition) is 5. The largest absolute Gasteiger partial charge is 0.372 e. The zero-order chi connectivity index (χ0) is 11.4. The third kappa shape index (κ3) is 2.49. The number of thiophene rings is 1. The normalized spacial score (nSPS) is 10.1. The number of hydrogen-bond donors (Lipinski definition) is 1. The van der Waals surface area contributed by atoms with Gasteiger partial charge in [0.1, 0.15) is 11.6 Å². The summed E-state index contributed by atoms with van der Waals surface area (Å²) in [4.78, 5) is 12.0. The van der Waals surface area contributed by atoms with Crippen molar-refractivity contribution in [1.29, 1.82) is 0 Å². The van der Waals surface area contributed by atoms with E-state index in [2.05, 4.69) is 37.7 Å². The molecule has 0 unspecified atom stereocenters. The molecule has 0 bridgehead atoms. The van der Waals surface area contributed by atoms with Gasteiger partial charge < -0.3 is 10.2 Å². The molecule has 0 aliphatic rings. The SMILES string of the molecule is CNc1cncc(N(C)Cc2cccs2)n1. The van der Waals surface area contributed by atoms with E-state index in [9.17, 15) is 0 Å². The van der Waals surface area contributed by atoms with Crippen LogP contribution in [-0.4, -0.2) is 24.1 Å². The van der Waals surface area contributed by atoms with Crippen LogP contribution < -0.4 is 10.2 Å². The van der Waals surface area contributed by atoms with Crippen molar-refractivity contribution in [2.45, 2.75) is 6.54 Å². The maximum Gasteiger partial charge on any atom is 0.149 e. The van der Waals surface area contributed by atoms with Crippen LogP contribution in [0.25, 0.3) is 0 Å². The van der Waals surface area contributed by atoms with E-state index in [1.807, 2.05) is 14.1 Å². The fraction of sp³-hybridized carbons (Fsp3) is 0.273. The van der Waals surface area contributed by atoms with Crippen molar-refractivity contribution < 1.29 is 0 Å². The maximum atomic E-state index is 4.43. The third-order valence-corrected chi connectivity index (χ3v) is 3.10. The molecule has 2 aromatic heterocycles. The van der Waals surface area contributed by atoms with Gasteiger partial charge >= 0.3 is 0 Å². The molecule has 0 fully saturated rings. The minimum atomic E-state index is 0.788. The van der Waals surface area contributed by atoms with Crippen molar-refractivity contribution in [3.63, 3.8) is 0 Å². The van der Waals surface area contributed by atoms with Crippen LogP contribution in [0.5, 0.6) is 0 Å². The van der Waals surface area contributed by atoms with Gasteiger partial charge in [0.05, 0.1) is 18.9 Å². The highest BCUT2D eigenvalue weighted by Crippen LogP contribution is 2.16. The molecule has 2 heterocycles. The second kappa shape index (κ2) is 4.94. The molecule has 0 aliphatic heterocycles. The zero-order valence-electron chi connectivity index (χ0n) is 9.34. The van der Waals surface area contributed by atoms with E-state index >= 15 is 0 Å². The molecule has 0 saturated heterocycles. The van der Waals surface area contributed by atoms with Gasteiger partial charge in [-0.1, -0.05) is 6.07 Å². The average Bonchev–Trinajstić information content (AvgIpc) is 2.82. The van der Waals surface area contributed by atoms with Crippen LogP contribution in [0.4, 0.5) is 11.6 Å². The van der Waals surface area contributed by atoms with Gasteiger partial charge in [-0.15, -0.1) is 11.3 Å². The molecule has 0 amide bonds. The standard InChI is InChI=1S/C11H14N4S/c1-12-10-6-13-7-11(14-10)15(2)8-9-4-3-5-16-9/h3-7H,8H2,1-2H3,(H,12,14). The van der Waals surface area contributed by atoms with Gasteiger partial charge in [-0.2, -0.15) is 0 Å². The van der Waals surface area contributed by atoms with Crippen molar-refractivity contribution in [3.05, 3.63) is 34.8 Å². The Kier molecular flexibility index (Phi) is 3.36. The van der Waals surface area contributed by atoms with Crippen LogP contribution in [0.3, 0.4) is 0 Å². The molecule has 5 heteroatoms. The molecule has 0 aliphatic carbocycles. The Hall–Kier alpha value is -1.62. The smallest absolute Gasteiger partial charge is 0.149 e. The predicted octanol–water partition coefficient (Wildman–Crippen LogP) is 2.22. The second-order valence-corrected chi connectivity index (χ2v) is 4.48. The molecular formula is C11H14N4S. The van der Waals surface area contributed by atoms with Crippen LogP contribution in [0, 0.1) is 0 Å². The van der Waals surface area contributed by atoms with Gasteiger partial charge in [0.25, 0.3) is 0 Å². The molecule has 0 spiro atoms. The maximum absolute atomic E-state index is 4.43. The summed E-state index contributed by atoms with van der Waals surface area (Å²) in [5.74, 6) is 1.66. The molecule has 0 aromatic carbocycles. The molecule has 84 valence electrons. The van der Waals surface area contributed by atoms with E-state index in [1.54, 1.807) is 23.7 Å². The molecule has 2 rings (SSSR count). The first kappa shape index (κ1) is 10.9. The summed E-state index contributed by atoms with van der Waals surface area (Å²) in [6.45, 7) is 0.861. The van der Waals surface area contributed by atoms with Crippen molar-refractivity contribution in [2.75, 3.05) is 24.3 Å². The first-order valence-electron chi connectivity index (χ1n) is 5.03. The van der Waals surface area contributed by atoms with E-state index in [0.717, 1.165) is 18.2 Å². The molecule has 2 aromatic rings. The van der Waals surface area contributed by atoms with E-state index in [4.69, 9.17) is 0 Å². The van der Waals surface area contributed by atoms with E-state index < -0.39 is 0 Å². The monoisotopic (exact) mass is 234 g/mol. The van der Waals surface area contributed by atoms with Crippen LogP contribution in [0.15, 0.2) is 29.9 Å². The summed E-state index contributed by atoms with van der Waals surface area (Å²) in [7, 11) is 3.86. The number of anilines is 2. The van der Waals surface area contributed by atoms with Crippen LogP contribution in [0.1, 0.15) is 4.88 Å². The fourth-order valence-corrected chi connectivity index (χ4v) is 2.13. The number of rotatable bonds is 4. The molecule has 4 nitrogen and oxygen atoms in total. The van der Waals surface area contributed by atoms with E-state index in [-0.39, 0.29) is 0 Å². The van der Waals surface area contributed by atoms with E-state index in [0.29, 0.717) is 0 Å². The van der Waals surface area contributed by atoms with Crippen LogP contribution in [-0.2, 0) is 6.54 Å². The molecule has 16 heavy (non-hydrogen) atoms. The van der Waals surface area contributed by atoms with Gasteiger partial charge in [-0.05, 0) is 11.4 Å². The first-order chi connectivity index (χ1) is 7.79. The molecule has 0 radical (unpaired) electrons. The zero-order valence-corrected chi connectivity index (χ0v) is 10.2. The second-order valence-electron chi connectivity index (χ2n) is 3.45. The summed E-state index contributed by atoms with van der Waals surface area (Å²) in [6, 6.07) is 4.18. The highest BCUT2D eigenvalue weighted by atomic mass is 32.1. The highest BCUT2D eigenvalue weighted by molar-refractivity contribution is 7.09. The summed E-state index contributed by atoms with van der Waals surface area (Å²) in [5.41, 5.74) is 0. The van der Waals surface area contributed by atoms with Crippen molar-refractivity contribution in [2.24, 2.45) is 0 Å². The van der Waals surface area contributed by atoms with Crippen LogP contribution >= 0.6 is 11.3 Å². The van der Waals surface area contributed by atoms with Gasteiger partial charge in [0, 0.05) is 19.0 Å². The summed E-state index contributed by atoms with van der Waals surface area (Å²) >= 11 is 1.75. The first-order valence-corrected chi connectivity index (χ1v) is 5.91. The Labute approximate surface area is 99.0 Å². The van der Waals surface area contributed by atoms with Gasteiger partial charge in [-0.3, -0.25) is 4.98 Å². The number of nitrogens with one attached hydrogen (secondary N) is 1. The molecule has 0 saturated carbocycles. The molecule has 0 atom stereocenters.